The molecule has 0 saturated heterocycles. The Morgan fingerprint density at radius 3 is 2.62 bits per heavy atom. The Bertz CT molecular complexity index is 839. The van der Waals surface area contributed by atoms with Gasteiger partial charge >= 0.3 is 0 Å². The molecule has 0 amide bonds. The smallest absolute Gasteiger partial charge is 0.197 e. The first kappa shape index (κ1) is 13.4. The number of carbonyl (C=O) groups is 1. The van der Waals surface area contributed by atoms with Crippen LogP contribution in [0, 0.1) is 13.8 Å². The highest BCUT2D eigenvalue weighted by Gasteiger charge is 2.19. The summed E-state index contributed by atoms with van der Waals surface area (Å²) >= 11 is 0. The van der Waals surface area contributed by atoms with Crippen LogP contribution in [0.25, 0.3) is 10.9 Å². The van der Waals surface area contributed by atoms with Crippen molar-refractivity contribution in [3.05, 3.63) is 64.8 Å². The van der Waals surface area contributed by atoms with Crippen molar-refractivity contribution in [1.29, 1.82) is 0 Å². The maximum Gasteiger partial charge on any atom is 0.197 e. The third-order valence-corrected chi connectivity index (χ3v) is 3.92. The standard InChI is InChI=1S/C18H18N2O/c1-11-7-8-13-14(10-20(3)16(13)9-11)18(21)17-12(2)5-4-6-15(17)19/h4-10H,19H2,1-3H3. The number of hydrogen-bond acceptors (Lipinski definition) is 2. The highest BCUT2D eigenvalue weighted by molar-refractivity contribution is 6.19. The van der Waals surface area contributed by atoms with E-state index in [0.29, 0.717) is 16.8 Å². The summed E-state index contributed by atoms with van der Waals surface area (Å²) < 4.78 is 1.99. The van der Waals surface area contributed by atoms with Gasteiger partial charge in [0.1, 0.15) is 0 Å². The monoisotopic (exact) mass is 278 g/mol. The molecule has 0 aliphatic rings. The number of aromatic nitrogens is 1. The molecule has 1 heterocycles. The molecular formula is C18H18N2O. The first-order valence-electron chi connectivity index (χ1n) is 6.94. The first-order valence-corrected chi connectivity index (χ1v) is 6.94. The normalized spacial score (nSPS) is 11.0. The number of anilines is 1. The van der Waals surface area contributed by atoms with Crippen molar-refractivity contribution >= 4 is 22.4 Å². The summed E-state index contributed by atoms with van der Waals surface area (Å²) in [6.07, 6.45) is 1.89. The second-order valence-electron chi connectivity index (χ2n) is 5.54. The van der Waals surface area contributed by atoms with E-state index in [9.17, 15) is 4.79 Å². The number of nitrogens with two attached hydrogens (primary N) is 1. The lowest BCUT2D eigenvalue weighted by Crippen LogP contribution is -2.07. The minimum atomic E-state index is -0.0138. The van der Waals surface area contributed by atoms with Crippen molar-refractivity contribution in [2.75, 3.05) is 5.73 Å². The summed E-state index contributed by atoms with van der Waals surface area (Å²) in [6, 6.07) is 11.7. The van der Waals surface area contributed by atoms with Gasteiger partial charge in [0.05, 0.1) is 0 Å². The van der Waals surface area contributed by atoms with E-state index in [1.165, 1.54) is 5.56 Å². The summed E-state index contributed by atoms with van der Waals surface area (Å²) in [5, 5.41) is 0.968. The highest BCUT2D eigenvalue weighted by atomic mass is 16.1. The van der Waals surface area contributed by atoms with Crippen LogP contribution in [0.4, 0.5) is 5.69 Å². The van der Waals surface area contributed by atoms with Gasteiger partial charge in [0.25, 0.3) is 0 Å². The zero-order valence-electron chi connectivity index (χ0n) is 12.5. The number of hydrogen-bond donors (Lipinski definition) is 1. The average molecular weight is 278 g/mol. The van der Waals surface area contributed by atoms with Gasteiger partial charge in [-0.2, -0.15) is 0 Å². The van der Waals surface area contributed by atoms with E-state index in [2.05, 4.69) is 6.07 Å². The Kier molecular flexibility index (Phi) is 3.05. The molecule has 0 atom stereocenters. The lowest BCUT2D eigenvalue weighted by atomic mass is 9.97. The van der Waals surface area contributed by atoms with Crippen molar-refractivity contribution < 1.29 is 4.79 Å². The average Bonchev–Trinajstić information content (AvgIpc) is 2.75. The van der Waals surface area contributed by atoms with Gasteiger partial charge in [-0.3, -0.25) is 4.79 Å². The molecule has 3 aromatic rings. The van der Waals surface area contributed by atoms with Crippen LogP contribution in [0.3, 0.4) is 0 Å². The number of nitrogens with zero attached hydrogens (tertiary/aromatic N) is 1. The fraction of sp³-hybridized carbons (Fsp3) is 0.167. The summed E-state index contributed by atoms with van der Waals surface area (Å²) in [4.78, 5) is 12.9. The van der Waals surface area contributed by atoms with Crippen LogP contribution in [0.5, 0.6) is 0 Å². The van der Waals surface area contributed by atoms with Crippen molar-refractivity contribution in [3.8, 4) is 0 Å². The topological polar surface area (TPSA) is 48.0 Å². The molecule has 1 aromatic heterocycles. The molecule has 3 rings (SSSR count). The Labute approximate surface area is 124 Å². The van der Waals surface area contributed by atoms with Gasteiger partial charge in [0.15, 0.2) is 5.78 Å². The minimum absolute atomic E-state index is 0.0138. The molecule has 0 fully saturated rings. The largest absolute Gasteiger partial charge is 0.398 e. The summed E-state index contributed by atoms with van der Waals surface area (Å²) in [6.45, 7) is 3.96. The number of aryl methyl sites for hydroxylation is 3. The lowest BCUT2D eigenvalue weighted by Gasteiger charge is -2.07. The van der Waals surface area contributed by atoms with Gasteiger partial charge in [-0.05, 0) is 37.1 Å². The van der Waals surface area contributed by atoms with E-state index in [1.807, 2.05) is 55.9 Å². The maximum absolute atomic E-state index is 12.9. The van der Waals surface area contributed by atoms with E-state index in [4.69, 9.17) is 5.73 Å². The highest BCUT2D eigenvalue weighted by Crippen LogP contribution is 2.27. The zero-order chi connectivity index (χ0) is 15.1. The van der Waals surface area contributed by atoms with Crippen LogP contribution in [0.1, 0.15) is 27.0 Å². The van der Waals surface area contributed by atoms with Crippen LogP contribution in [-0.2, 0) is 7.05 Å². The van der Waals surface area contributed by atoms with Gasteiger partial charge in [0, 0.05) is 41.0 Å². The predicted octanol–water partition coefficient (Wildman–Crippen LogP) is 3.61. The van der Waals surface area contributed by atoms with Crippen LogP contribution in [0.2, 0.25) is 0 Å². The summed E-state index contributed by atoms with van der Waals surface area (Å²) in [5.74, 6) is -0.0138. The SMILES string of the molecule is Cc1ccc2c(C(=O)c3c(C)cccc3N)cn(C)c2c1. The Morgan fingerprint density at radius 1 is 1.14 bits per heavy atom. The summed E-state index contributed by atoms with van der Waals surface area (Å²) in [7, 11) is 1.96. The molecule has 0 aliphatic heterocycles. The van der Waals surface area contributed by atoms with Crippen molar-refractivity contribution in [2.24, 2.45) is 7.05 Å². The van der Waals surface area contributed by atoms with Gasteiger partial charge in [-0.25, -0.2) is 0 Å². The number of fused-ring (bicyclic) bond motifs is 1. The van der Waals surface area contributed by atoms with E-state index in [0.717, 1.165) is 16.5 Å². The second-order valence-corrected chi connectivity index (χ2v) is 5.54. The van der Waals surface area contributed by atoms with Gasteiger partial charge < -0.3 is 10.3 Å². The molecule has 0 saturated carbocycles. The van der Waals surface area contributed by atoms with Crippen LogP contribution in [-0.4, -0.2) is 10.4 Å². The Hall–Kier alpha value is -2.55. The molecule has 0 spiro atoms. The number of benzene rings is 2. The van der Waals surface area contributed by atoms with Crippen molar-refractivity contribution in [3.63, 3.8) is 0 Å². The molecule has 0 unspecified atom stereocenters. The quantitative estimate of drug-likeness (QED) is 0.575. The Morgan fingerprint density at radius 2 is 1.90 bits per heavy atom. The van der Waals surface area contributed by atoms with Gasteiger partial charge in [0.2, 0.25) is 0 Å². The molecule has 3 heteroatoms. The number of carbonyl (C=O) groups excluding carboxylic acids is 1. The molecule has 2 aromatic carbocycles. The van der Waals surface area contributed by atoms with Crippen LogP contribution in [0.15, 0.2) is 42.6 Å². The predicted molar refractivity (Wildman–Crippen MR) is 86.7 cm³/mol. The van der Waals surface area contributed by atoms with Crippen LogP contribution < -0.4 is 5.73 Å². The van der Waals surface area contributed by atoms with E-state index in [1.54, 1.807) is 6.07 Å². The van der Waals surface area contributed by atoms with E-state index < -0.39 is 0 Å². The fourth-order valence-electron chi connectivity index (χ4n) is 2.81. The van der Waals surface area contributed by atoms with E-state index in [-0.39, 0.29) is 5.78 Å². The number of rotatable bonds is 2. The van der Waals surface area contributed by atoms with E-state index >= 15 is 0 Å². The third kappa shape index (κ3) is 2.11. The Balaban J connectivity index is 2.24. The molecule has 0 aliphatic carbocycles. The minimum Gasteiger partial charge on any atom is -0.398 e. The second kappa shape index (κ2) is 4.77. The molecular weight excluding hydrogens is 260 g/mol. The van der Waals surface area contributed by atoms with Gasteiger partial charge in [-0.1, -0.05) is 24.3 Å². The molecule has 0 bridgehead atoms. The maximum atomic E-state index is 12.9. The molecule has 3 nitrogen and oxygen atoms in total. The molecule has 106 valence electrons. The molecule has 21 heavy (non-hydrogen) atoms. The summed E-state index contributed by atoms with van der Waals surface area (Å²) in [5.41, 5.74) is 11.0. The first-order chi connectivity index (χ1) is 9.99. The lowest BCUT2D eigenvalue weighted by molar-refractivity contribution is 0.104. The van der Waals surface area contributed by atoms with Crippen molar-refractivity contribution in [1.82, 2.24) is 4.57 Å². The number of nitrogen functional groups attached to an aromatic ring is 1. The molecule has 2 N–H and O–H groups in total. The number of ketones is 1. The zero-order valence-corrected chi connectivity index (χ0v) is 12.5. The van der Waals surface area contributed by atoms with Gasteiger partial charge in [-0.15, -0.1) is 0 Å². The molecule has 0 radical (unpaired) electrons. The fourth-order valence-corrected chi connectivity index (χ4v) is 2.81. The third-order valence-electron chi connectivity index (χ3n) is 3.92. The van der Waals surface area contributed by atoms with Crippen molar-refractivity contribution in [2.45, 2.75) is 13.8 Å². The van der Waals surface area contributed by atoms with Crippen LogP contribution >= 0.6 is 0 Å².